The lowest BCUT2D eigenvalue weighted by molar-refractivity contribution is -0.150. The van der Waals surface area contributed by atoms with Crippen LogP contribution in [0.4, 0.5) is 0 Å². The average molecular weight is 843 g/mol. The van der Waals surface area contributed by atoms with Gasteiger partial charge in [-0.05, 0) is 90.3 Å². The van der Waals surface area contributed by atoms with Crippen molar-refractivity contribution in [1.82, 2.24) is 4.90 Å². The minimum atomic E-state index is -3.96. The van der Waals surface area contributed by atoms with Crippen LogP contribution in [0.15, 0.2) is 4.40 Å². The van der Waals surface area contributed by atoms with Gasteiger partial charge in [0, 0.05) is 19.3 Å². The number of carbonyl (C=O) groups is 2. The van der Waals surface area contributed by atoms with E-state index in [1.54, 1.807) is 0 Å². The molecule has 0 atom stereocenters. The first kappa shape index (κ1) is 56.3. The van der Waals surface area contributed by atoms with E-state index < -0.39 is 10.2 Å². The van der Waals surface area contributed by atoms with Crippen LogP contribution in [0, 0.1) is 0 Å². The largest absolute Gasteiger partial charge is 0.466 e. The Hall–Kier alpha value is -1.72. The standard InChI is InChI=1S/C47H94N4O6S/c1-4-7-10-13-16-25-34-43-56-46(52)38-28-21-17-23-31-40-51(42-33-30-37-45(48)50-58(49,54)55)41-32-24-18-22-29-39-47(53)57-44(35-26-19-14-11-8-5-2)36-27-20-15-12-9-6-3/h44H,4-43H2,1-3H3,(H2,48,50)(H2,49,54,55). The maximum Gasteiger partial charge on any atom is 0.318 e. The molecular weight excluding hydrogens is 749 g/mol. The predicted molar refractivity (Wildman–Crippen MR) is 245 cm³/mol. The zero-order valence-electron chi connectivity index (χ0n) is 38.3. The van der Waals surface area contributed by atoms with E-state index in [4.69, 9.17) is 20.3 Å². The number of unbranched alkanes of at least 4 members (excludes halogenated alkanes) is 25. The van der Waals surface area contributed by atoms with Gasteiger partial charge < -0.3 is 20.1 Å². The van der Waals surface area contributed by atoms with Crippen molar-refractivity contribution in [3.63, 3.8) is 0 Å². The zero-order valence-corrected chi connectivity index (χ0v) is 39.1. The maximum atomic E-state index is 12.8. The van der Waals surface area contributed by atoms with Crippen LogP contribution in [0.5, 0.6) is 0 Å². The Labute approximate surface area is 358 Å². The van der Waals surface area contributed by atoms with Gasteiger partial charge in [-0.25, -0.2) is 5.14 Å². The summed E-state index contributed by atoms with van der Waals surface area (Å²) >= 11 is 0. The molecule has 0 aromatic carbocycles. The van der Waals surface area contributed by atoms with Crippen LogP contribution in [0.1, 0.15) is 252 Å². The van der Waals surface area contributed by atoms with E-state index in [-0.39, 0.29) is 23.9 Å². The highest BCUT2D eigenvalue weighted by molar-refractivity contribution is 7.88. The van der Waals surface area contributed by atoms with Crippen molar-refractivity contribution in [2.45, 2.75) is 258 Å². The molecule has 0 aromatic heterocycles. The number of amidine groups is 1. The van der Waals surface area contributed by atoms with Crippen LogP contribution in [-0.2, 0) is 29.3 Å². The molecule has 0 rings (SSSR count). The summed E-state index contributed by atoms with van der Waals surface area (Å²) in [5.41, 5.74) is 5.76. The number of carbonyl (C=O) groups excluding carboxylic acids is 2. The molecule has 0 bridgehead atoms. The molecule has 0 saturated carbocycles. The van der Waals surface area contributed by atoms with Crippen LogP contribution in [0.25, 0.3) is 0 Å². The third-order valence-corrected chi connectivity index (χ3v) is 11.7. The van der Waals surface area contributed by atoms with Gasteiger partial charge in [-0.2, -0.15) is 8.42 Å². The molecule has 0 spiro atoms. The van der Waals surface area contributed by atoms with E-state index in [0.29, 0.717) is 25.9 Å². The highest BCUT2D eigenvalue weighted by Crippen LogP contribution is 2.19. The van der Waals surface area contributed by atoms with Crippen LogP contribution in [0.2, 0.25) is 0 Å². The molecule has 0 aliphatic heterocycles. The first-order chi connectivity index (χ1) is 28.1. The summed E-state index contributed by atoms with van der Waals surface area (Å²) in [5.74, 6) is -0.00885. The van der Waals surface area contributed by atoms with Gasteiger partial charge in [0.2, 0.25) is 0 Å². The molecule has 11 heteroatoms. The number of esters is 2. The zero-order chi connectivity index (χ0) is 42.8. The highest BCUT2D eigenvalue weighted by atomic mass is 32.2. The molecule has 0 amide bonds. The lowest BCUT2D eigenvalue weighted by Gasteiger charge is -2.22. The molecule has 344 valence electrons. The first-order valence-electron chi connectivity index (χ1n) is 24.6. The fraction of sp³-hybridized carbons (Fsp3) is 0.936. The Morgan fingerprint density at radius 2 is 0.862 bits per heavy atom. The van der Waals surface area contributed by atoms with Gasteiger partial charge in [0.05, 0.1) is 6.61 Å². The summed E-state index contributed by atoms with van der Waals surface area (Å²) in [6, 6.07) is 0. The van der Waals surface area contributed by atoms with Gasteiger partial charge in [0.25, 0.3) is 0 Å². The Kier molecular flexibility index (Phi) is 40.7. The minimum absolute atomic E-state index is 0.0124. The van der Waals surface area contributed by atoms with Gasteiger partial charge in [-0.15, -0.1) is 4.40 Å². The van der Waals surface area contributed by atoms with E-state index in [9.17, 15) is 18.0 Å². The van der Waals surface area contributed by atoms with Gasteiger partial charge in [0.15, 0.2) is 0 Å². The second kappa shape index (κ2) is 42.0. The lowest BCUT2D eigenvalue weighted by atomic mass is 10.0. The molecule has 10 nitrogen and oxygen atoms in total. The van der Waals surface area contributed by atoms with Gasteiger partial charge >= 0.3 is 22.1 Å². The Bertz CT molecular complexity index is 1060. The molecule has 0 aromatic rings. The molecular formula is C47H94N4O6S. The fourth-order valence-corrected chi connectivity index (χ4v) is 8.00. The summed E-state index contributed by atoms with van der Waals surface area (Å²) in [6.07, 6.45) is 39.5. The highest BCUT2D eigenvalue weighted by Gasteiger charge is 2.14. The number of nitrogens with two attached hydrogens (primary N) is 2. The van der Waals surface area contributed by atoms with E-state index >= 15 is 0 Å². The monoisotopic (exact) mass is 843 g/mol. The minimum Gasteiger partial charge on any atom is -0.466 e. The van der Waals surface area contributed by atoms with E-state index in [1.165, 1.54) is 96.3 Å². The smallest absolute Gasteiger partial charge is 0.318 e. The average Bonchev–Trinajstić information content (AvgIpc) is 3.18. The van der Waals surface area contributed by atoms with Crippen LogP contribution < -0.4 is 10.9 Å². The molecule has 0 radical (unpaired) electrons. The predicted octanol–water partition coefficient (Wildman–Crippen LogP) is 12.4. The van der Waals surface area contributed by atoms with Crippen molar-refractivity contribution in [2.75, 3.05) is 26.2 Å². The van der Waals surface area contributed by atoms with E-state index in [1.807, 2.05) is 0 Å². The summed E-state index contributed by atoms with van der Waals surface area (Å²) in [7, 11) is -3.96. The van der Waals surface area contributed by atoms with E-state index in [0.717, 1.165) is 135 Å². The third kappa shape index (κ3) is 42.4. The normalized spacial score (nSPS) is 12.2. The molecule has 0 heterocycles. The topological polar surface area (TPSA) is 154 Å². The van der Waals surface area contributed by atoms with Crippen LogP contribution in [0.3, 0.4) is 0 Å². The molecule has 58 heavy (non-hydrogen) atoms. The van der Waals surface area contributed by atoms with Crippen LogP contribution in [-0.4, -0.2) is 63.4 Å². The summed E-state index contributed by atoms with van der Waals surface area (Å²) < 4.78 is 37.3. The Morgan fingerprint density at radius 3 is 1.33 bits per heavy atom. The molecule has 0 aliphatic rings. The molecule has 0 aliphatic carbocycles. The van der Waals surface area contributed by atoms with Crippen molar-refractivity contribution in [3.05, 3.63) is 0 Å². The third-order valence-electron chi connectivity index (χ3n) is 11.2. The fourth-order valence-electron chi connectivity index (χ4n) is 7.59. The van der Waals surface area contributed by atoms with Gasteiger partial charge in [-0.1, -0.05) is 162 Å². The SMILES string of the molecule is CCCCCCCCCOC(=O)CCCCCCCN(CCCCCCCC(=O)OC(CCCCCCCC)CCCCCCCC)CCCCC(N)=NS(N)(=O)=O. The van der Waals surface area contributed by atoms with Gasteiger partial charge in [-0.3, -0.25) is 9.59 Å². The van der Waals surface area contributed by atoms with Crippen molar-refractivity contribution >= 4 is 28.0 Å². The summed E-state index contributed by atoms with van der Waals surface area (Å²) in [6.45, 7) is 10.3. The number of ether oxygens (including phenoxy) is 2. The lowest BCUT2D eigenvalue weighted by Crippen LogP contribution is -2.27. The second-order valence-electron chi connectivity index (χ2n) is 17.0. The number of rotatable bonds is 45. The number of hydrogen-bond acceptors (Lipinski definition) is 7. The quantitative estimate of drug-likeness (QED) is 0.0266. The molecule has 0 fully saturated rings. The van der Waals surface area contributed by atoms with Crippen LogP contribution >= 0.6 is 0 Å². The van der Waals surface area contributed by atoms with Gasteiger partial charge in [0.1, 0.15) is 11.9 Å². The molecule has 0 saturated heterocycles. The number of hydrogen-bond donors (Lipinski definition) is 2. The Balaban J connectivity index is 4.48. The van der Waals surface area contributed by atoms with E-state index in [2.05, 4.69) is 30.1 Å². The van der Waals surface area contributed by atoms with Crippen molar-refractivity contribution in [2.24, 2.45) is 15.3 Å². The second-order valence-corrected chi connectivity index (χ2v) is 18.2. The number of nitrogens with zero attached hydrogens (tertiary/aromatic N) is 2. The summed E-state index contributed by atoms with van der Waals surface area (Å²) in [4.78, 5) is 27.4. The maximum absolute atomic E-state index is 12.8. The summed E-state index contributed by atoms with van der Waals surface area (Å²) in [5, 5.41) is 4.99. The molecule has 0 unspecified atom stereocenters. The first-order valence-corrected chi connectivity index (χ1v) is 26.1. The van der Waals surface area contributed by atoms with Crippen molar-refractivity contribution in [3.8, 4) is 0 Å². The Morgan fingerprint density at radius 1 is 0.500 bits per heavy atom. The molecule has 4 N–H and O–H groups in total. The van der Waals surface area contributed by atoms with Crippen molar-refractivity contribution in [1.29, 1.82) is 0 Å². The van der Waals surface area contributed by atoms with Crippen molar-refractivity contribution < 1.29 is 27.5 Å².